The zero-order valence-electron chi connectivity index (χ0n) is 12.7. The van der Waals surface area contributed by atoms with E-state index in [0.29, 0.717) is 6.04 Å². The smallest absolute Gasteiger partial charge is 0.133 e. The second kappa shape index (κ2) is 6.57. The minimum absolute atomic E-state index is 0.462. The summed E-state index contributed by atoms with van der Waals surface area (Å²) in [5.74, 6) is 1.98. The molecule has 0 saturated carbocycles. The lowest BCUT2D eigenvalue weighted by Gasteiger charge is -2.21. The maximum atomic E-state index is 5.35. The van der Waals surface area contributed by atoms with Crippen LogP contribution in [0.25, 0.3) is 0 Å². The summed E-state index contributed by atoms with van der Waals surface area (Å²) in [5, 5.41) is 3.44. The Morgan fingerprint density at radius 2 is 2.10 bits per heavy atom. The lowest BCUT2D eigenvalue weighted by molar-refractivity contribution is 0.529. The van der Waals surface area contributed by atoms with E-state index in [-0.39, 0.29) is 0 Å². The molecule has 1 N–H and O–H groups in total. The fraction of sp³-hybridized carbons (Fsp3) is 0.438. The molecule has 2 aromatic heterocycles. The summed E-state index contributed by atoms with van der Waals surface area (Å²) in [5.41, 5.74) is 2.41. The fourth-order valence-corrected chi connectivity index (χ4v) is 2.13. The molecule has 2 aromatic rings. The first-order valence-electron chi connectivity index (χ1n) is 6.99. The van der Waals surface area contributed by atoms with Crippen molar-refractivity contribution >= 4 is 5.82 Å². The Hall–Kier alpha value is -1.81. The van der Waals surface area contributed by atoms with Crippen LogP contribution in [0, 0.1) is 6.92 Å². The molecule has 0 saturated heterocycles. The van der Waals surface area contributed by atoms with Crippen molar-refractivity contribution < 1.29 is 4.42 Å². The maximum absolute atomic E-state index is 5.35. The molecule has 20 heavy (non-hydrogen) atoms. The average molecular weight is 273 g/mol. The van der Waals surface area contributed by atoms with Crippen LogP contribution in [-0.4, -0.2) is 18.1 Å². The third-order valence-electron chi connectivity index (χ3n) is 3.30. The number of furan rings is 1. The molecule has 0 aliphatic carbocycles. The van der Waals surface area contributed by atoms with Gasteiger partial charge in [-0.1, -0.05) is 19.9 Å². The number of anilines is 1. The van der Waals surface area contributed by atoms with Gasteiger partial charge >= 0.3 is 0 Å². The van der Waals surface area contributed by atoms with E-state index in [1.807, 2.05) is 25.3 Å². The molecule has 0 amide bonds. The zero-order valence-corrected chi connectivity index (χ0v) is 12.7. The highest BCUT2D eigenvalue weighted by molar-refractivity contribution is 5.46. The summed E-state index contributed by atoms with van der Waals surface area (Å²) in [6.07, 6.45) is 3.57. The highest BCUT2D eigenvalue weighted by Crippen LogP contribution is 2.19. The van der Waals surface area contributed by atoms with Gasteiger partial charge in [0.05, 0.1) is 6.26 Å². The number of aromatic nitrogens is 1. The number of aryl methyl sites for hydroxylation is 1. The van der Waals surface area contributed by atoms with Crippen LogP contribution < -0.4 is 10.2 Å². The second-order valence-corrected chi connectivity index (χ2v) is 5.38. The van der Waals surface area contributed by atoms with Gasteiger partial charge in [0.1, 0.15) is 11.6 Å². The second-order valence-electron chi connectivity index (χ2n) is 5.38. The Bertz CT molecular complexity index is 548. The van der Waals surface area contributed by atoms with Crippen molar-refractivity contribution in [3.05, 3.63) is 47.5 Å². The lowest BCUT2D eigenvalue weighted by Crippen LogP contribution is -2.25. The molecule has 0 spiro atoms. The van der Waals surface area contributed by atoms with Gasteiger partial charge in [0.25, 0.3) is 0 Å². The van der Waals surface area contributed by atoms with Crippen LogP contribution in [0.2, 0.25) is 0 Å². The van der Waals surface area contributed by atoms with E-state index in [1.54, 1.807) is 6.26 Å². The van der Waals surface area contributed by atoms with E-state index in [9.17, 15) is 0 Å². The predicted octanol–water partition coefficient (Wildman–Crippen LogP) is 3.12. The zero-order chi connectivity index (χ0) is 14.5. The lowest BCUT2D eigenvalue weighted by atomic mass is 10.2. The Morgan fingerprint density at radius 1 is 1.30 bits per heavy atom. The Balaban J connectivity index is 2.12. The van der Waals surface area contributed by atoms with Crippen LogP contribution in [0.15, 0.2) is 35.1 Å². The summed E-state index contributed by atoms with van der Waals surface area (Å²) in [6.45, 7) is 7.91. The average Bonchev–Trinajstić information content (AvgIpc) is 2.82. The van der Waals surface area contributed by atoms with Crippen molar-refractivity contribution in [3.63, 3.8) is 0 Å². The van der Waals surface area contributed by atoms with Crippen LogP contribution in [0.4, 0.5) is 5.82 Å². The number of nitrogens with one attached hydrogen (secondary N) is 1. The predicted molar refractivity (Wildman–Crippen MR) is 81.8 cm³/mol. The maximum Gasteiger partial charge on any atom is 0.133 e. The molecule has 0 radical (unpaired) electrons. The van der Waals surface area contributed by atoms with Crippen molar-refractivity contribution in [2.45, 2.75) is 39.9 Å². The van der Waals surface area contributed by atoms with Gasteiger partial charge in [-0.15, -0.1) is 0 Å². The Labute approximate surface area is 120 Å². The first kappa shape index (κ1) is 14.6. The van der Waals surface area contributed by atoms with Gasteiger partial charge in [-0.05, 0) is 19.1 Å². The molecule has 0 bridgehead atoms. The third-order valence-corrected chi connectivity index (χ3v) is 3.30. The Kier molecular flexibility index (Phi) is 4.79. The number of hydrogen-bond acceptors (Lipinski definition) is 4. The van der Waals surface area contributed by atoms with Crippen LogP contribution in [-0.2, 0) is 13.1 Å². The van der Waals surface area contributed by atoms with Crippen LogP contribution in [0.3, 0.4) is 0 Å². The van der Waals surface area contributed by atoms with Crippen LogP contribution >= 0.6 is 0 Å². The third kappa shape index (κ3) is 3.61. The van der Waals surface area contributed by atoms with Gasteiger partial charge in [0, 0.05) is 43.5 Å². The molecule has 2 rings (SSSR count). The molecule has 2 heterocycles. The number of nitrogens with zero attached hydrogens (tertiary/aromatic N) is 2. The van der Waals surface area contributed by atoms with Gasteiger partial charge in [0.15, 0.2) is 0 Å². The minimum Gasteiger partial charge on any atom is -0.469 e. The highest BCUT2D eigenvalue weighted by Gasteiger charge is 2.11. The quantitative estimate of drug-likeness (QED) is 0.878. The number of rotatable bonds is 6. The van der Waals surface area contributed by atoms with Crippen molar-refractivity contribution in [3.8, 4) is 0 Å². The van der Waals surface area contributed by atoms with E-state index in [4.69, 9.17) is 4.42 Å². The molecular formula is C16H23N3O. The SMILES string of the molecule is Cc1occc1CN(C)c1ncccc1CNC(C)C. The van der Waals surface area contributed by atoms with Gasteiger partial charge < -0.3 is 14.6 Å². The monoisotopic (exact) mass is 273 g/mol. The largest absolute Gasteiger partial charge is 0.469 e. The summed E-state index contributed by atoms with van der Waals surface area (Å²) < 4.78 is 5.35. The summed E-state index contributed by atoms with van der Waals surface area (Å²) in [4.78, 5) is 6.68. The summed E-state index contributed by atoms with van der Waals surface area (Å²) >= 11 is 0. The molecule has 0 unspecified atom stereocenters. The van der Waals surface area contributed by atoms with Gasteiger partial charge in [-0.3, -0.25) is 0 Å². The Morgan fingerprint density at radius 3 is 2.75 bits per heavy atom. The normalized spacial score (nSPS) is 11.1. The fourth-order valence-electron chi connectivity index (χ4n) is 2.13. The van der Waals surface area contributed by atoms with E-state index >= 15 is 0 Å². The van der Waals surface area contributed by atoms with E-state index in [2.05, 4.69) is 42.2 Å². The van der Waals surface area contributed by atoms with Crippen molar-refractivity contribution in [1.29, 1.82) is 0 Å². The molecule has 0 aliphatic rings. The molecule has 0 atom stereocenters. The van der Waals surface area contributed by atoms with Crippen LogP contribution in [0.5, 0.6) is 0 Å². The first-order valence-corrected chi connectivity index (χ1v) is 6.99. The van der Waals surface area contributed by atoms with Crippen molar-refractivity contribution in [1.82, 2.24) is 10.3 Å². The summed E-state index contributed by atoms with van der Waals surface area (Å²) in [6, 6.07) is 6.58. The minimum atomic E-state index is 0.462. The van der Waals surface area contributed by atoms with Crippen molar-refractivity contribution in [2.24, 2.45) is 0 Å². The van der Waals surface area contributed by atoms with Gasteiger partial charge in [-0.25, -0.2) is 4.98 Å². The summed E-state index contributed by atoms with van der Waals surface area (Å²) in [7, 11) is 2.06. The van der Waals surface area contributed by atoms with E-state index in [1.165, 1.54) is 11.1 Å². The van der Waals surface area contributed by atoms with Gasteiger partial charge in [0.2, 0.25) is 0 Å². The molecule has 0 aliphatic heterocycles. The molecule has 0 fully saturated rings. The van der Waals surface area contributed by atoms with E-state index in [0.717, 1.165) is 24.7 Å². The molecule has 4 heteroatoms. The molecule has 108 valence electrons. The van der Waals surface area contributed by atoms with E-state index < -0.39 is 0 Å². The van der Waals surface area contributed by atoms with Gasteiger partial charge in [-0.2, -0.15) is 0 Å². The van der Waals surface area contributed by atoms with Crippen molar-refractivity contribution in [2.75, 3.05) is 11.9 Å². The first-order chi connectivity index (χ1) is 9.58. The molecule has 0 aromatic carbocycles. The highest BCUT2D eigenvalue weighted by atomic mass is 16.3. The number of hydrogen-bond donors (Lipinski definition) is 1. The molecular weight excluding hydrogens is 250 g/mol. The topological polar surface area (TPSA) is 41.3 Å². The standard InChI is InChI=1S/C16H23N3O/c1-12(2)18-10-14-6-5-8-17-16(14)19(4)11-15-7-9-20-13(15)3/h5-9,12,18H,10-11H2,1-4H3. The van der Waals surface area contributed by atoms with Crippen LogP contribution in [0.1, 0.15) is 30.7 Å². The number of pyridine rings is 1. The molecule has 4 nitrogen and oxygen atoms in total.